The number of hydrogen-bond acceptors (Lipinski definition) is 5. The molecule has 0 aromatic heterocycles. The van der Waals surface area contributed by atoms with Crippen LogP contribution in [0.2, 0.25) is 0 Å². The maximum atomic E-state index is 11.8. The van der Waals surface area contributed by atoms with E-state index in [2.05, 4.69) is 0 Å². The van der Waals surface area contributed by atoms with Crippen molar-refractivity contribution in [1.29, 1.82) is 0 Å². The van der Waals surface area contributed by atoms with Crippen molar-refractivity contribution >= 4 is 11.9 Å². The maximum Gasteiger partial charge on any atom is 0.338 e. The van der Waals surface area contributed by atoms with Crippen LogP contribution in [-0.4, -0.2) is 42.2 Å². The quantitative estimate of drug-likeness (QED) is 0.246. The van der Waals surface area contributed by atoms with Crippen LogP contribution in [0.15, 0.2) is 11.6 Å². The van der Waals surface area contributed by atoms with E-state index in [0.29, 0.717) is 0 Å². The Labute approximate surface area is 100 Å². The minimum absolute atomic E-state index is 0.0741. The van der Waals surface area contributed by atoms with E-state index in [9.17, 15) is 9.59 Å². The van der Waals surface area contributed by atoms with Crippen LogP contribution >= 0.6 is 0 Å². The van der Waals surface area contributed by atoms with Gasteiger partial charge in [-0.3, -0.25) is 9.80 Å². The van der Waals surface area contributed by atoms with Crippen LogP contribution in [0.3, 0.4) is 0 Å². The Kier molecular flexibility index (Phi) is 4.25. The molecule has 1 rings (SSSR count). The number of hydrazine groups is 1. The molecule has 0 bridgehead atoms. The number of amides is 1. The zero-order valence-electron chi connectivity index (χ0n) is 10.4. The molecule has 0 saturated carbocycles. The third-order valence-electron chi connectivity index (χ3n) is 2.45. The number of carbonyl (C=O) groups is 2. The highest BCUT2D eigenvalue weighted by Gasteiger charge is 2.53. The Morgan fingerprint density at radius 2 is 2.06 bits per heavy atom. The second-order valence-corrected chi connectivity index (χ2v) is 4.17. The van der Waals surface area contributed by atoms with Gasteiger partial charge in [-0.25, -0.2) is 10.6 Å². The second kappa shape index (κ2) is 5.29. The van der Waals surface area contributed by atoms with Crippen LogP contribution in [0.5, 0.6) is 0 Å². The third kappa shape index (κ3) is 2.65. The molecule has 0 unspecified atom stereocenters. The van der Waals surface area contributed by atoms with E-state index in [0.717, 1.165) is 10.6 Å². The number of rotatable bonds is 4. The topological polar surface area (TPSA) is 81.9 Å². The maximum absolute atomic E-state index is 11.8. The highest BCUT2D eigenvalue weighted by molar-refractivity contribution is 5.94. The lowest BCUT2D eigenvalue weighted by Crippen LogP contribution is -2.71. The van der Waals surface area contributed by atoms with Gasteiger partial charge in [0.15, 0.2) is 0 Å². The molecule has 0 aliphatic carbocycles. The van der Waals surface area contributed by atoms with Gasteiger partial charge in [0.05, 0.1) is 19.8 Å². The van der Waals surface area contributed by atoms with Gasteiger partial charge in [-0.05, 0) is 20.8 Å². The van der Waals surface area contributed by atoms with Crippen LogP contribution in [0, 0.1) is 0 Å². The van der Waals surface area contributed by atoms with E-state index in [-0.39, 0.29) is 19.8 Å². The van der Waals surface area contributed by atoms with E-state index in [4.69, 9.17) is 15.3 Å². The molecule has 0 radical (unpaired) electrons. The van der Waals surface area contributed by atoms with Crippen molar-refractivity contribution in [3.63, 3.8) is 0 Å². The smallest absolute Gasteiger partial charge is 0.338 e. The molecule has 6 heteroatoms. The number of carbonyl (C=O) groups excluding carboxylic acids is 2. The molecule has 0 spiro atoms. The minimum Gasteiger partial charge on any atom is -0.464 e. The first-order valence-electron chi connectivity index (χ1n) is 5.43. The van der Waals surface area contributed by atoms with Crippen molar-refractivity contribution in [3.8, 4) is 0 Å². The first-order chi connectivity index (χ1) is 7.94. The van der Waals surface area contributed by atoms with E-state index in [1.807, 2.05) is 0 Å². The summed E-state index contributed by atoms with van der Waals surface area (Å²) in [6, 6.07) is 0. The summed E-state index contributed by atoms with van der Waals surface area (Å²) in [4.78, 5) is 23.5. The monoisotopic (exact) mass is 242 g/mol. The molecular formula is C11H18N2O4. The van der Waals surface area contributed by atoms with Gasteiger partial charge in [0.2, 0.25) is 5.54 Å². The normalized spacial score (nSPS) is 16.7. The van der Waals surface area contributed by atoms with Crippen LogP contribution in [0.4, 0.5) is 0 Å². The van der Waals surface area contributed by atoms with Crippen molar-refractivity contribution < 1.29 is 19.1 Å². The number of nitrogens with zero attached hydrogens (tertiary/aromatic N) is 1. The first-order valence-corrected chi connectivity index (χ1v) is 5.43. The molecule has 96 valence electrons. The van der Waals surface area contributed by atoms with Crippen molar-refractivity contribution in [2.45, 2.75) is 26.3 Å². The Morgan fingerprint density at radius 3 is 2.41 bits per heavy atom. The second-order valence-electron chi connectivity index (χ2n) is 4.17. The van der Waals surface area contributed by atoms with Gasteiger partial charge < -0.3 is 9.47 Å². The molecule has 1 saturated heterocycles. The number of allylic oxidation sites excluding steroid dienone is 1. The summed E-state index contributed by atoms with van der Waals surface area (Å²) >= 11 is 0. The number of hydrogen-bond donors (Lipinski definition) is 1. The summed E-state index contributed by atoms with van der Waals surface area (Å²) in [5.74, 6) is 4.74. The van der Waals surface area contributed by atoms with Crippen molar-refractivity contribution in [1.82, 2.24) is 5.01 Å². The summed E-state index contributed by atoms with van der Waals surface area (Å²) in [5.41, 5.74) is -0.358. The van der Waals surface area contributed by atoms with Gasteiger partial charge in [-0.2, -0.15) is 0 Å². The third-order valence-corrected chi connectivity index (χ3v) is 2.45. The minimum atomic E-state index is -1.17. The summed E-state index contributed by atoms with van der Waals surface area (Å²) in [5, 5.41) is 0.904. The Balaban J connectivity index is 2.83. The average molecular weight is 242 g/mol. The predicted molar refractivity (Wildman–Crippen MR) is 60.6 cm³/mol. The molecule has 1 amide bonds. The summed E-state index contributed by atoms with van der Waals surface area (Å²) in [7, 11) is 0. The SMILES string of the molecule is CCOC(=O)C1(N(N)C(=O)C=C(C)C)COC1. The fraction of sp³-hybridized carbons (Fsp3) is 0.636. The van der Waals surface area contributed by atoms with E-state index in [1.165, 1.54) is 6.08 Å². The molecular weight excluding hydrogens is 224 g/mol. The molecule has 1 heterocycles. The fourth-order valence-electron chi connectivity index (χ4n) is 1.44. The molecule has 2 N–H and O–H groups in total. The molecule has 0 atom stereocenters. The molecule has 1 aliphatic heterocycles. The summed E-state index contributed by atoms with van der Waals surface area (Å²) < 4.78 is 9.90. The molecule has 6 nitrogen and oxygen atoms in total. The number of ether oxygens (including phenoxy) is 2. The Morgan fingerprint density at radius 1 is 1.47 bits per heavy atom. The van der Waals surface area contributed by atoms with Crippen molar-refractivity contribution in [2.24, 2.45) is 5.84 Å². The van der Waals surface area contributed by atoms with E-state index < -0.39 is 17.4 Å². The molecule has 1 fully saturated rings. The van der Waals surface area contributed by atoms with Gasteiger partial charge in [0, 0.05) is 6.08 Å². The lowest BCUT2D eigenvalue weighted by Gasteiger charge is -2.44. The molecule has 0 aromatic carbocycles. The Hall–Kier alpha value is -1.40. The number of nitrogens with two attached hydrogens (primary N) is 1. The lowest BCUT2D eigenvalue weighted by molar-refractivity contribution is -0.195. The number of esters is 1. The highest BCUT2D eigenvalue weighted by Crippen LogP contribution is 2.25. The van der Waals surface area contributed by atoms with Crippen molar-refractivity contribution in [2.75, 3.05) is 19.8 Å². The van der Waals surface area contributed by atoms with Crippen molar-refractivity contribution in [3.05, 3.63) is 11.6 Å². The largest absolute Gasteiger partial charge is 0.464 e. The van der Waals surface area contributed by atoms with Gasteiger partial charge >= 0.3 is 5.97 Å². The van der Waals surface area contributed by atoms with Crippen LogP contribution < -0.4 is 5.84 Å². The van der Waals surface area contributed by atoms with E-state index in [1.54, 1.807) is 20.8 Å². The van der Waals surface area contributed by atoms with E-state index >= 15 is 0 Å². The predicted octanol–water partition coefficient (Wildman–Crippen LogP) is -0.0130. The summed E-state index contributed by atoms with van der Waals surface area (Å²) in [6.07, 6.45) is 1.37. The standard InChI is InChI=1S/C11H18N2O4/c1-4-17-10(15)11(6-16-7-11)13(12)9(14)5-8(2)3/h5H,4,6-7,12H2,1-3H3. The summed E-state index contributed by atoms with van der Waals surface area (Å²) in [6.45, 7) is 5.64. The van der Waals surface area contributed by atoms with Crippen LogP contribution in [-0.2, 0) is 19.1 Å². The molecule has 1 aliphatic rings. The lowest BCUT2D eigenvalue weighted by atomic mass is 9.96. The first kappa shape index (κ1) is 13.7. The van der Waals surface area contributed by atoms with Crippen LogP contribution in [0.1, 0.15) is 20.8 Å². The van der Waals surface area contributed by atoms with Crippen LogP contribution in [0.25, 0.3) is 0 Å². The van der Waals surface area contributed by atoms with Gasteiger partial charge in [-0.1, -0.05) is 5.57 Å². The Bertz CT molecular complexity index is 343. The zero-order chi connectivity index (χ0) is 13.1. The van der Waals surface area contributed by atoms with Gasteiger partial charge in [0.25, 0.3) is 5.91 Å². The fourth-order valence-corrected chi connectivity index (χ4v) is 1.44. The molecule has 17 heavy (non-hydrogen) atoms. The van der Waals surface area contributed by atoms with Gasteiger partial charge in [0.1, 0.15) is 0 Å². The average Bonchev–Trinajstić information content (AvgIpc) is 2.15. The molecule has 0 aromatic rings. The zero-order valence-corrected chi connectivity index (χ0v) is 10.4. The van der Waals surface area contributed by atoms with Gasteiger partial charge in [-0.15, -0.1) is 0 Å². The highest BCUT2D eigenvalue weighted by atomic mass is 16.6.